The topological polar surface area (TPSA) is 85.5 Å². The fraction of sp³-hybridized carbons (Fsp3) is 0.136. The van der Waals surface area contributed by atoms with Gasteiger partial charge in [-0.2, -0.15) is 0 Å². The quantitative estimate of drug-likeness (QED) is 0.155. The van der Waals surface area contributed by atoms with Crippen LogP contribution in [0.2, 0.25) is 0 Å². The molecule has 0 aliphatic carbocycles. The molecular weight excluding hydrogens is 641 g/mol. The van der Waals surface area contributed by atoms with Gasteiger partial charge in [-0.1, -0.05) is 131 Å². The van der Waals surface area contributed by atoms with Crippen molar-refractivity contribution >= 4 is 0 Å². The van der Waals surface area contributed by atoms with Gasteiger partial charge in [-0.15, -0.1) is 10.2 Å². The first kappa shape index (κ1) is 33.9. The molecule has 254 valence electrons. The predicted octanol–water partition coefficient (Wildman–Crippen LogP) is 6.78. The first-order valence-electron chi connectivity index (χ1n) is 17.2. The maximum atomic E-state index is 4.48. The number of nitrogens with one attached hydrogen (secondary N) is 2. The molecule has 0 atom stereocenters. The third kappa shape index (κ3) is 8.40. The second-order valence-corrected chi connectivity index (χ2v) is 12.3. The minimum Gasteiger partial charge on any atom is -0.309 e. The minimum atomic E-state index is 0.595. The van der Waals surface area contributed by atoms with Crippen LogP contribution >= 0.6 is 0 Å². The lowest BCUT2D eigenvalue weighted by Crippen LogP contribution is -2.07. The average Bonchev–Trinajstić information content (AvgIpc) is 3.87. The van der Waals surface area contributed by atoms with Crippen LogP contribution in [-0.2, 0) is 13.1 Å². The van der Waals surface area contributed by atoms with Crippen molar-refractivity contribution in [3.63, 3.8) is 0 Å². The van der Waals surface area contributed by atoms with Crippen molar-refractivity contribution in [3.8, 4) is 68.5 Å². The van der Waals surface area contributed by atoms with E-state index >= 15 is 0 Å². The molecule has 0 saturated heterocycles. The van der Waals surface area contributed by atoms with Gasteiger partial charge in [-0.25, -0.2) is 9.36 Å². The smallest absolute Gasteiger partial charge is 0.113 e. The molecule has 0 amide bonds. The summed E-state index contributed by atoms with van der Waals surface area (Å²) < 4.78 is 3.77. The van der Waals surface area contributed by atoms with Crippen LogP contribution in [-0.4, -0.2) is 57.2 Å². The van der Waals surface area contributed by atoms with E-state index in [1.54, 1.807) is 0 Å². The Morgan fingerprint density at radius 2 is 0.808 bits per heavy atom. The number of rotatable bonds is 10. The molecule has 7 aromatic rings. The highest BCUT2D eigenvalue weighted by molar-refractivity contribution is 5.70. The van der Waals surface area contributed by atoms with E-state index in [0.29, 0.717) is 26.2 Å². The molecule has 2 N–H and O–H groups in total. The Hall–Kier alpha value is -6.58. The SMILES string of the molecule is CNCC#Cc1ccc(-c2ccc(-c3cn(Cc4ccccc4Cn4cc(-c5ccc(-c6ccc(C#CCNC)cc6)cc5)nn4)nn3)cc2)cc1. The van der Waals surface area contributed by atoms with E-state index in [4.69, 9.17) is 0 Å². The zero-order chi connectivity index (χ0) is 35.5. The fourth-order valence-corrected chi connectivity index (χ4v) is 5.86. The molecule has 0 spiro atoms. The highest BCUT2D eigenvalue weighted by Gasteiger charge is 2.11. The molecule has 5 aromatic carbocycles. The van der Waals surface area contributed by atoms with Gasteiger partial charge in [-0.05, 0) is 71.7 Å². The number of aromatic nitrogens is 6. The van der Waals surface area contributed by atoms with Crippen molar-refractivity contribution in [3.05, 3.63) is 156 Å². The molecular formula is C44H38N8. The molecule has 52 heavy (non-hydrogen) atoms. The average molecular weight is 679 g/mol. The number of hydrogen-bond acceptors (Lipinski definition) is 6. The van der Waals surface area contributed by atoms with Gasteiger partial charge in [0, 0.05) is 22.3 Å². The van der Waals surface area contributed by atoms with Crippen LogP contribution in [0.3, 0.4) is 0 Å². The van der Waals surface area contributed by atoms with Gasteiger partial charge in [0.05, 0.1) is 38.6 Å². The summed E-state index contributed by atoms with van der Waals surface area (Å²) in [7, 11) is 3.79. The summed E-state index contributed by atoms with van der Waals surface area (Å²) >= 11 is 0. The summed E-state index contributed by atoms with van der Waals surface area (Å²) in [4.78, 5) is 0. The van der Waals surface area contributed by atoms with Crippen LogP contribution in [0.5, 0.6) is 0 Å². The zero-order valence-corrected chi connectivity index (χ0v) is 29.2. The largest absolute Gasteiger partial charge is 0.309 e. The van der Waals surface area contributed by atoms with Gasteiger partial charge < -0.3 is 10.6 Å². The Bertz CT molecular complexity index is 2190. The highest BCUT2D eigenvalue weighted by atomic mass is 15.4. The second-order valence-electron chi connectivity index (χ2n) is 12.3. The summed E-state index contributed by atoms with van der Waals surface area (Å²) in [6, 6.07) is 41.8. The van der Waals surface area contributed by atoms with Crippen molar-refractivity contribution in [2.45, 2.75) is 13.1 Å². The highest BCUT2D eigenvalue weighted by Crippen LogP contribution is 2.26. The molecule has 7 rings (SSSR count). The number of hydrogen-bond donors (Lipinski definition) is 2. The molecule has 0 aliphatic heterocycles. The van der Waals surface area contributed by atoms with E-state index < -0.39 is 0 Å². The first-order chi connectivity index (χ1) is 25.6. The molecule has 8 nitrogen and oxygen atoms in total. The monoisotopic (exact) mass is 678 g/mol. The standard InChI is InChI=1S/C44H38N8/c1-45-27-5-7-33-11-15-35(16-12-33)37-19-23-39(24-20-37)43-31-51(49-47-43)29-41-9-3-4-10-42(41)30-52-32-44(48-50-52)40-25-21-38(22-26-40)36-17-13-34(14-18-36)8-6-28-46-2/h3-4,9-26,31-32,45-46H,27-30H2,1-2H3. The summed E-state index contributed by atoms with van der Waals surface area (Å²) in [5, 5.41) is 24.0. The second kappa shape index (κ2) is 16.4. The molecule has 0 unspecified atom stereocenters. The predicted molar refractivity (Wildman–Crippen MR) is 208 cm³/mol. The third-order valence-corrected chi connectivity index (χ3v) is 8.65. The van der Waals surface area contributed by atoms with Gasteiger partial charge >= 0.3 is 0 Å². The van der Waals surface area contributed by atoms with Crippen LogP contribution in [0.25, 0.3) is 44.8 Å². The number of benzene rings is 5. The van der Waals surface area contributed by atoms with Gasteiger partial charge in [0.1, 0.15) is 11.4 Å². The van der Waals surface area contributed by atoms with E-state index in [-0.39, 0.29) is 0 Å². The third-order valence-electron chi connectivity index (χ3n) is 8.65. The van der Waals surface area contributed by atoms with Crippen molar-refractivity contribution in [1.82, 2.24) is 40.6 Å². The Morgan fingerprint density at radius 3 is 1.17 bits per heavy atom. The summed E-state index contributed by atoms with van der Waals surface area (Å²) in [5.41, 5.74) is 12.6. The van der Waals surface area contributed by atoms with Gasteiger partial charge in [-0.3, -0.25) is 0 Å². The van der Waals surface area contributed by atoms with E-state index in [2.05, 4.69) is 176 Å². The Labute approximate surface area is 304 Å². The van der Waals surface area contributed by atoms with Gasteiger partial charge in [0.2, 0.25) is 0 Å². The summed E-state index contributed by atoms with van der Waals surface area (Å²) in [6.45, 7) is 2.54. The lowest BCUT2D eigenvalue weighted by Gasteiger charge is -2.09. The maximum Gasteiger partial charge on any atom is 0.113 e. The van der Waals surface area contributed by atoms with Crippen LogP contribution in [0.1, 0.15) is 22.3 Å². The summed E-state index contributed by atoms with van der Waals surface area (Å²) in [6.07, 6.45) is 3.99. The van der Waals surface area contributed by atoms with Crippen LogP contribution in [0, 0.1) is 23.7 Å². The van der Waals surface area contributed by atoms with Gasteiger partial charge in [0.25, 0.3) is 0 Å². The van der Waals surface area contributed by atoms with E-state index in [1.807, 2.05) is 35.9 Å². The lowest BCUT2D eigenvalue weighted by molar-refractivity contribution is 0.621. The molecule has 2 aromatic heterocycles. The minimum absolute atomic E-state index is 0.595. The van der Waals surface area contributed by atoms with Gasteiger partial charge in [0.15, 0.2) is 0 Å². The number of nitrogens with zero attached hydrogens (tertiary/aromatic N) is 6. The normalized spacial score (nSPS) is 10.7. The molecule has 2 heterocycles. The Balaban J connectivity index is 0.984. The molecule has 0 bridgehead atoms. The fourth-order valence-electron chi connectivity index (χ4n) is 5.86. The lowest BCUT2D eigenvalue weighted by atomic mass is 10.0. The summed E-state index contributed by atoms with van der Waals surface area (Å²) in [5.74, 6) is 12.5. The van der Waals surface area contributed by atoms with Crippen LogP contribution < -0.4 is 10.6 Å². The Kier molecular flexibility index (Phi) is 10.7. The van der Waals surface area contributed by atoms with Crippen molar-refractivity contribution in [2.24, 2.45) is 0 Å². The van der Waals surface area contributed by atoms with Crippen LogP contribution in [0.15, 0.2) is 134 Å². The van der Waals surface area contributed by atoms with E-state index in [0.717, 1.165) is 67.0 Å². The molecule has 0 saturated carbocycles. The Morgan fingerprint density at radius 1 is 0.462 bits per heavy atom. The first-order valence-corrected chi connectivity index (χ1v) is 17.2. The molecule has 0 fully saturated rings. The van der Waals surface area contributed by atoms with E-state index in [1.165, 1.54) is 0 Å². The molecule has 0 aliphatic rings. The molecule has 0 radical (unpaired) electrons. The van der Waals surface area contributed by atoms with Crippen LogP contribution in [0.4, 0.5) is 0 Å². The zero-order valence-electron chi connectivity index (χ0n) is 29.2. The van der Waals surface area contributed by atoms with Crippen molar-refractivity contribution < 1.29 is 0 Å². The van der Waals surface area contributed by atoms with E-state index in [9.17, 15) is 0 Å². The van der Waals surface area contributed by atoms with Crippen molar-refractivity contribution in [2.75, 3.05) is 27.2 Å². The van der Waals surface area contributed by atoms with Crippen molar-refractivity contribution in [1.29, 1.82) is 0 Å². The molecule has 8 heteroatoms. The maximum absolute atomic E-state index is 4.48.